The molecular weight excluding hydrogens is 1790 g/mol. The van der Waals surface area contributed by atoms with Crippen molar-refractivity contribution in [2.75, 3.05) is 127 Å². The Bertz CT molecular complexity index is 3810. The van der Waals surface area contributed by atoms with E-state index in [1.54, 1.807) is 47.9 Å². The molecular formula is C122H211N7O14+4. The van der Waals surface area contributed by atoms with Gasteiger partial charge in [-0.15, -0.1) is 0 Å². The first-order valence-corrected chi connectivity index (χ1v) is 59.3. The third-order valence-corrected chi connectivity index (χ3v) is 32.7. The van der Waals surface area contributed by atoms with Crippen molar-refractivity contribution >= 4 is 64.3 Å². The number of esters is 4. The monoisotopic (exact) mass is 2000 g/mol. The van der Waals surface area contributed by atoms with Crippen LogP contribution < -0.4 is 10.2 Å². The molecule has 7 saturated heterocycles. The number of aliphatic hydroxyl groups is 1. The summed E-state index contributed by atoms with van der Waals surface area (Å²) in [7, 11) is 5.69. The van der Waals surface area contributed by atoms with Gasteiger partial charge in [-0.25, -0.2) is 18.5 Å². The summed E-state index contributed by atoms with van der Waals surface area (Å²) in [6.45, 7) is 36.1. The van der Waals surface area contributed by atoms with Crippen LogP contribution in [0.15, 0.2) is 69.1 Å². The minimum absolute atomic E-state index is 0.0397. The van der Waals surface area contributed by atoms with Gasteiger partial charge >= 0.3 is 23.9 Å². The van der Waals surface area contributed by atoms with Crippen LogP contribution in [0, 0.1) is 35.5 Å². The maximum atomic E-state index is 11.5. The number of rotatable bonds is 13. The standard InChI is InChI=1S/2C15H26NO2.C15H25N.C15H24N.2C10H17N.C10H16O3.C10H14O.C6H10O.C5H11N.C5H8O2.C2H4O2.C2H6O.C2H6/c2*1-12(15(17)18-2)11-13-7-6-8-14(13)16-9-4-3-5-10-16;2*1-4-11-16(12-5-1)15-10-6-9-14(15)13-7-2-3-8-13;2*1-4-8-11(9-5-1)10-6-2-3-7-10;1-7(10(12)13-2)6-8-4-3-5-9(8)11;11-10-7-3-6-9(10)8-4-1-2-5-8;7-6-4-2-1-3-5-6;1-2-4-6-5-3-1;1-4(2)5(6)7-3;1-2(3)4;1-2-3;1-2/h2*12-13H,3-11H2,1-2H3;15H,1-12H2;1-12H2;2*6H,1-5,7-9H2;7-8H,3-6H2,1-2H3;1-7H2;1-5H2;6H,1-5H2;1H2,2-3H3;1H3,(H,3,4);3H,2H2,1H3;1-2H3/q2*+1;;+1;;;;;;;;;;/p+1. The fourth-order valence-corrected chi connectivity index (χ4v) is 25.1. The van der Waals surface area contributed by atoms with Gasteiger partial charge in [-0.05, 0) is 353 Å². The number of nitrogens with zero attached hydrogens (tertiary/aromatic N) is 5. The summed E-state index contributed by atoms with van der Waals surface area (Å²) in [5.41, 5.74) is 18.9. The Hall–Kier alpha value is -6.71. The molecule has 0 aromatic rings. The molecule has 19 aliphatic rings. The number of carbonyl (C=O) groups excluding carboxylic acids is 7. The van der Waals surface area contributed by atoms with Crippen LogP contribution in [0.5, 0.6) is 0 Å². The van der Waals surface area contributed by atoms with Crippen LogP contribution in [0.2, 0.25) is 0 Å². The predicted octanol–water partition coefficient (Wildman–Crippen LogP) is 24.8. The van der Waals surface area contributed by atoms with E-state index < -0.39 is 5.97 Å². The lowest BCUT2D eigenvalue weighted by atomic mass is 9.93. The molecule has 0 aromatic carbocycles. The van der Waals surface area contributed by atoms with Crippen LogP contribution in [0.25, 0.3) is 0 Å². The minimum Gasteiger partial charge on any atom is -0.481 e. The normalized spacial score (nSPS) is 24.2. The zero-order valence-corrected chi connectivity index (χ0v) is 93.5. The number of carbonyl (C=O) groups is 8. The second-order valence-corrected chi connectivity index (χ2v) is 43.8. The molecule has 143 heavy (non-hydrogen) atoms. The topological polar surface area (TPSA) is 246 Å². The number of piperidine rings is 7. The highest BCUT2D eigenvalue weighted by atomic mass is 16.5. The van der Waals surface area contributed by atoms with Gasteiger partial charge < -0.3 is 49.2 Å². The third-order valence-electron chi connectivity index (χ3n) is 32.7. The van der Waals surface area contributed by atoms with E-state index in [9.17, 15) is 33.6 Å². The van der Waals surface area contributed by atoms with Crippen LogP contribution in [0.3, 0.4) is 0 Å². The lowest BCUT2D eigenvalue weighted by Gasteiger charge is -2.30. The molecule has 17 fully saturated rings. The van der Waals surface area contributed by atoms with Gasteiger partial charge in [0.25, 0.3) is 5.97 Å². The smallest absolute Gasteiger partial charge is 0.332 e. The van der Waals surface area contributed by atoms with Crippen LogP contribution in [-0.4, -0.2) is 231 Å². The number of allylic oxidation sites excluding steroid dienone is 9. The van der Waals surface area contributed by atoms with Gasteiger partial charge in [0.15, 0.2) is 22.9 Å². The first-order valence-electron chi connectivity index (χ1n) is 59.3. The number of hydrogen-bond donors (Lipinski definition) is 4. The largest absolute Gasteiger partial charge is 0.481 e. The second-order valence-electron chi connectivity index (χ2n) is 43.8. The van der Waals surface area contributed by atoms with Gasteiger partial charge in [-0.1, -0.05) is 82.9 Å². The Balaban J connectivity index is 0.000000242. The summed E-state index contributed by atoms with van der Waals surface area (Å²) in [6.07, 6.45) is 88.9. The number of aliphatic carboxylic acids is 1. The lowest BCUT2D eigenvalue weighted by Crippen LogP contribution is -3.16. The Morgan fingerprint density at radius 3 is 1.13 bits per heavy atom. The highest BCUT2D eigenvalue weighted by Crippen LogP contribution is 2.39. The van der Waals surface area contributed by atoms with E-state index in [4.69, 9.17) is 24.5 Å². The SMILES string of the molecule is C1=C(N2CCCCC2)CCC1.C1=C(N2CCCCC2)CCC1.C1CCNCC1.C1CC[N+](=C2CCCC2=C2CCCC2)CC1.C1CC[NH+](C2CCCC2=C2CCCC2)CC1.C=C(C)C(=O)OC.CC.CC(=O)O.CCO.COC(=O)C(C)CC1CCCC1=O.COC(=O)C(C)CC1CCCC1=[N+]1CCCCC1.COC(=O)C(C)CC1CCCC1=[N+]1CCCCC1.O=C1CCCC1=C1CCCC1.O=C1CCCCC1. The van der Waals surface area contributed by atoms with E-state index >= 15 is 0 Å². The van der Waals surface area contributed by atoms with Crippen molar-refractivity contribution in [1.82, 2.24) is 15.1 Å². The molecule has 21 heteroatoms. The molecule has 4 N–H and O–H groups in total. The molecule has 814 valence electrons. The van der Waals surface area contributed by atoms with E-state index in [0.29, 0.717) is 47.6 Å². The van der Waals surface area contributed by atoms with E-state index in [1.807, 2.05) is 56.2 Å². The molecule has 0 amide bonds. The number of likely N-dealkylation sites (tertiary alicyclic amines) is 3. The van der Waals surface area contributed by atoms with Crippen LogP contribution in [-0.2, 0) is 57.3 Å². The molecule has 0 bridgehead atoms. The molecule has 7 unspecified atom stereocenters. The number of carboxylic acid groups (broad SMARTS) is 1. The summed E-state index contributed by atoms with van der Waals surface area (Å²) in [5.74, 6) is 1.01. The number of ether oxygens (including phenoxy) is 4. The highest BCUT2D eigenvalue weighted by Gasteiger charge is 2.39. The van der Waals surface area contributed by atoms with E-state index in [0.717, 1.165) is 83.6 Å². The lowest BCUT2D eigenvalue weighted by molar-refractivity contribution is -0.924. The van der Waals surface area contributed by atoms with Crippen molar-refractivity contribution in [3.63, 3.8) is 0 Å². The van der Waals surface area contributed by atoms with Gasteiger partial charge in [-0.3, -0.25) is 33.6 Å². The Morgan fingerprint density at radius 2 is 0.769 bits per heavy atom. The Morgan fingerprint density at radius 1 is 0.406 bits per heavy atom. The first kappa shape index (κ1) is 125. The molecule has 0 radical (unpaired) electrons. The van der Waals surface area contributed by atoms with Crippen molar-refractivity contribution in [3.05, 3.63) is 69.1 Å². The highest BCUT2D eigenvalue weighted by molar-refractivity contribution is 5.99. The van der Waals surface area contributed by atoms with Crippen molar-refractivity contribution in [2.24, 2.45) is 35.5 Å². The van der Waals surface area contributed by atoms with E-state index in [-0.39, 0.29) is 54.2 Å². The molecule has 12 aliphatic carbocycles. The number of methoxy groups -OCH3 is 4. The van der Waals surface area contributed by atoms with Crippen LogP contribution >= 0.6 is 0 Å². The van der Waals surface area contributed by atoms with E-state index in [2.05, 4.69) is 57.0 Å². The summed E-state index contributed by atoms with van der Waals surface area (Å²) < 4.78 is 26.5. The van der Waals surface area contributed by atoms with E-state index in [1.165, 1.54) is 465 Å². The number of quaternary nitrogens is 1. The predicted molar refractivity (Wildman–Crippen MR) is 586 cm³/mol. The quantitative estimate of drug-likeness (QED) is 0.0440. The van der Waals surface area contributed by atoms with Crippen molar-refractivity contribution in [2.45, 2.75) is 479 Å². The molecule has 0 spiro atoms. The minimum atomic E-state index is -0.833. The van der Waals surface area contributed by atoms with Gasteiger partial charge in [0.2, 0.25) is 0 Å². The molecule has 21 nitrogen and oxygen atoms in total. The number of ketones is 3. The van der Waals surface area contributed by atoms with Gasteiger partial charge in [-0.2, -0.15) is 0 Å². The average Bonchev–Trinajstić information content (AvgIpc) is 1.68. The zero-order chi connectivity index (χ0) is 104. The number of aliphatic hydroxyl groups excluding tert-OH is 1. The fourth-order valence-electron chi connectivity index (χ4n) is 25.1. The molecule has 10 saturated carbocycles. The average molecular weight is 2000 g/mol. The summed E-state index contributed by atoms with van der Waals surface area (Å²) in [5, 5.41) is 18.3. The summed E-state index contributed by atoms with van der Waals surface area (Å²) >= 11 is 0. The fraction of sp³-hybridized carbons (Fsp3) is 0.811. The number of carboxylic acids is 1. The number of Topliss-reactive ketones (excluding diaryl/α,β-unsaturated/α-hetero) is 3. The maximum Gasteiger partial charge on any atom is 0.332 e. The molecule has 7 aliphatic heterocycles. The van der Waals surface area contributed by atoms with Crippen molar-refractivity contribution < 1.29 is 86.1 Å². The van der Waals surface area contributed by atoms with Crippen LogP contribution in [0.1, 0.15) is 473 Å². The Labute approximate surface area is 870 Å². The maximum absolute atomic E-state index is 11.5. The van der Waals surface area contributed by atoms with Gasteiger partial charge in [0.1, 0.15) is 56.9 Å². The number of hydrogen-bond acceptors (Lipinski definition) is 16. The summed E-state index contributed by atoms with van der Waals surface area (Å²) in [4.78, 5) is 93.5. The Kier molecular flexibility index (Phi) is 66.3. The summed E-state index contributed by atoms with van der Waals surface area (Å²) in [6, 6.07) is 0.952. The molecule has 7 atom stereocenters. The van der Waals surface area contributed by atoms with Crippen molar-refractivity contribution in [1.29, 1.82) is 0 Å². The van der Waals surface area contributed by atoms with Crippen LogP contribution in [0.4, 0.5) is 0 Å². The molecule has 7 heterocycles. The molecule has 19 rings (SSSR count). The van der Waals surface area contributed by atoms with Gasteiger partial charge in [0.05, 0.1) is 59.3 Å². The van der Waals surface area contributed by atoms with Crippen molar-refractivity contribution in [3.8, 4) is 0 Å². The first-order chi connectivity index (χ1) is 69.5. The number of nitrogens with one attached hydrogen (secondary N) is 2. The zero-order valence-electron chi connectivity index (χ0n) is 93.5. The molecule has 0 aromatic heterocycles. The third kappa shape index (κ3) is 48.6. The van der Waals surface area contributed by atoms with Gasteiger partial charge in [0, 0.05) is 170 Å². The second kappa shape index (κ2) is 75.9.